The van der Waals surface area contributed by atoms with E-state index in [0.717, 1.165) is 44.3 Å². The Morgan fingerprint density at radius 2 is 1.86 bits per heavy atom. The average Bonchev–Trinajstić information content (AvgIpc) is 3.23. The van der Waals surface area contributed by atoms with Gasteiger partial charge < -0.3 is 15.3 Å². The molecule has 29 heavy (non-hydrogen) atoms. The molecule has 1 aliphatic heterocycles. The van der Waals surface area contributed by atoms with Crippen molar-refractivity contribution in [3.63, 3.8) is 0 Å². The van der Waals surface area contributed by atoms with Gasteiger partial charge in [0, 0.05) is 47.1 Å². The van der Waals surface area contributed by atoms with Crippen LogP contribution in [0.5, 0.6) is 0 Å². The number of nitrogens with one attached hydrogen (secondary N) is 1. The monoisotopic (exact) mass is 474 g/mol. The predicted octanol–water partition coefficient (Wildman–Crippen LogP) is 4.45. The van der Waals surface area contributed by atoms with Crippen LogP contribution in [0.2, 0.25) is 0 Å². The van der Waals surface area contributed by atoms with Crippen molar-refractivity contribution in [1.29, 1.82) is 0 Å². The minimum absolute atomic E-state index is 0.00407. The van der Waals surface area contributed by atoms with E-state index < -0.39 is 5.60 Å². The van der Waals surface area contributed by atoms with Crippen LogP contribution in [0.1, 0.15) is 36.1 Å². The molecule has 0 spiro atoms. The third kappa shape index (κ3) is 3.24. The lowest BCUT2D eigenvalue weighted by atomic mass is 9.79. The molecular weight excluding hydrogens is 448 g/mol. The van der Waals surface area contributed by atoms with Gasteiger partial charge in [-0.05, 0) is 41.3 Å². The summed E-state index contributed by atoms with van der Waals surface area (Å²) in [4.78, 5) is 17.1. The number of carbonyl (C=O) groups is 1. The molecule has 0 radical (unpaired) electrons. The van der Waals surface area contributed by atoms with Gasteiger partial charge in [-0.2, -0.15) is 0 Å². The molecule has 1 saturated heterocycles. The first-order valence-corrected chi connectivity index (χ1v) is 12.2. The molecule has 6 heteroatoms. The van der Waals surface area contributed by atoms with E-state index in [-0.39, 0.29) is 17.9 Å². The number of fused-ring (bicyclic) bond motifs is 1. The van der Waals surface area contributed by atoms with Gasteiger partial charge in [-0.3, -0.25) is 4.79 Å². The zero-order valence-electron chi connectivity index (χ0n) is 16.6. The van der Waals surface area contributed by atoms with Crippen LogP contribution >= 0.6 is 27.3 Å². The molecule has 4 atom stereocenters. The summed E-state index contributed by atoms with van der Waals surface area (Å²) in [5.74, 6) is 0.765. The highest BCUT2D eigenvalue weighted by Crippen LogP contribution is 2.50. The number of piperidine rings is 1. The molecule has 3 fully saturated rings. The molecule has 1 aromatic heterocycles. The minimum Gasteiger partial charge on any atom is -0.375 e. The number of rotatable bonds is 5. The first-order chi connectivity index (χ1) is 14.0. The number of benzene rings is 1. The van der Waals surface area contributed by atoms with Gasteiger partial charge >= 0.3 is 0 Å². The van der Waals surface area contributed by atoms with E-state index in [1.54, 1.807) is 11.3 Å². The minimum atomic E-state index is -1.42. The number of hydrogen-bond donors (Lipinski definition) is 2. The van der Waals surface area contributed by atoms with Crippen LogP contribution in [0.4, 0.5) is 5.69 Å². The molecule has 154 valence electrons. The van der Waals surface area contributed by atoms with Crippen molar-refractivity contribution in [3.8, 4) is 0 Å². The van der Waals surface area contributed by atoms with E-state index in [4.69, 9.17) is 0 Å². The topological polar surface area (TPSA) is 52.6 Å². The Bertz CT molecular complexity index is 879. The molecule has 2 N–H and O–H groups in total. The molecule has 3 aliphatic rings. The second-order valence-corrected chi connectivity index (χ2v) is 10.8. The maximum atomic E-state index is 13.4. The number of carbonyl (C=O) groups excluding carboxylic acids is 1. The fourth-order valence-electron chi connectivity index (χ4n) is 5.57. The molecule has 1 amide bonds. The normalized spacial score (nSPS) is 28.2. The lowest BCUT2D eigenvalue weighted by Crippen LogP contribution is -2.51. The summed E-state index contributed by atoms with van der Waals surface area (Å²) in [5, 5.41) is 17.0. The SMILES string of the molecule is Cc1scc(Br)c1N1CC2[C@H](C1)[C@H]2NC(=O)C(O)(c1ccccc1)C1CCCC1. The van der Waals surface area contributed by atoms with Crippen LogP contribution in [0.25, 0.3) is 0 Å². The van der Waals surface area contributed by atoms with Crippen LogP contribution in [0.3, 0.4) is 0 Å². The molecule has 4 nitrogen and oxygen atoms in total. The number of thiophene rings is 1. The highest BCUT2D eigenvalue weighted by Gasteiger charge is 2.58. The Morgan fingerprint density at radius 1 is 1.21 bits per heavy atom. The first kappa shape index (κ1) is 19.6. The zero-order valence-corrected chi connectivity index (χ0v) is 19.0. The standard InChI is InChI=1S/C23H27BrN2O2S/c1-14-21(19(24)13-29-14)26-11-17-18(12-26)20(17)25-22(27)23(28,16-9-5-6-10-16)15-7-3-2-4-8-15/h2-4,7-8,13,16-18,20,28H,5-6,9-12H2,1H3,(H,25,27)/t17-,18?,20+,23?/m0/s1. The fraction of sp³-hybridized carbons (Fsp3) is 0.522. The van der Waals surface area contributed by atoms with Crippen LogP contribution in [-0.2, 0) is 10.4 Å². The number of aliphatic hydroxyl groups is 1. The maximum Gasteiger partial charge on any atom is 0.257 e. The second kappa shape index (κ2) is 7.40. The summed E-state index contributed by atoms with van der Waals surface area (Å²) in [5.41, 5.74) is 0.620. The largest absolute Gasteiger partial charge is 0.375 e. The number of amides is 1. The number of anilines is 1. The van der Waals surface area contributed by atoms with Crippen molar-refractivity contribution in [2.24, 2.45) is 17.8 Å². The lowest BCUT2D eigenvalue weighted by Gasteiger charge is -2.34. The fourth-order valence-corrected chi connectivity index (χ4v) is 7.27. The van der Waals surface area contributed by atoms with Crippen LogP contribution < -0.4 is 10.2 Å². The Morgan fingerprint density at radius 3 is 2.45 bits per heavy atom. The highest BCUT2D eigenvalue weighted by molar-refractivity contribution is 9.10. The number of aryl methyl sites for hydroxylation is 1. The van der Waals surface area contributed by atoms with E-state index in [2.05, 4.69) is 38.5 Å². The Hall–Kier alpha value is -1.37. The summed E-state index contributed by atoms with van der Waals surface area (Å²) >= 11 is 5.44. The third-order valence-electron chi connectivity index (χ3n) is 7.21. The molecule has 1 aromatic carbocycles. The van der Waals surface area contributed by atoms with Crippen molar-refractivity contribution in [1.82, 2.24) is 5.32 Å². The number of hydrogen-bond acceptors (Lipinski definition) is 4. The smallest absolute Gasteiger partial charge is 0.257 e. The maximum absolute atomic E-state index is 13.4. The Kier molecular flexibility index (Phi) is 5.00. The van der Waals surface area contributed by atoms with Gasteiger partial charge in [0.2, 0.25) is 0 Å². The van der Waals surface area contributed by atoms with Crippen molar-refractivity contribution in [2.45, 2.75) is 44.2 Å². The van der Waals surface area contributed by atoms with E-state index in [0.29, 0.717) is 11.8 Å². The summed E-state index contributed by atoms with van der Waals surface area (Å²) in [6.45, 7) is 4.10. The van der Waals surface area contributed by atoms with E-state index in [9.17, 15) is 9.90 Å². The van der Waals surface area contributed by atoms with Gasteiger partial charge in [0.25, 0.3) is 5.91 Å². The summed E-state index contributed by atoms with van der Waals surface area (Å²) in [7, 11) is 0. The summed E-state index contributed by atoms with van der Waals surface area (Å²) < 4.78 is 1.17. The van der Waals surface area contributed by atoms with E-state index >= 15 is 0 Å². The number of nitrogens with zero attached hydrogens (tertiary/aromatic N) is 1. The van der Waals surface area contributed by atoms with Crippen LogP contribution in [-0.4, -0.2) is 30.1 Å². The van der Waals surface area contributed by atoms with E-state index in [1.165, 1.54) is 15.0 Å². The summed E-state index contributed by atoms with van der Waals surface area (Å²) in [6.07, 6.45) is 4.00. The predicted molar refractivity (Wildman–Crippen MR) is 120 cm³/mol. The quantitative estimate of drug-likeness (QED) is 0.672. The first-order valence-electron chi connectivity index (χ1n) is 10.6. The third-order valence-corrected chi connectivity index (χ3v) is 9.02. The molecular formula is C23H27BrN2O2S. The molecule has 2 unspecified atom stereocenters. The molecule has 0 bridgehead atoms. The van der Waals surface area contributed by atoms with Crippen LogP contribution in [0, 0.1) is 24.7 Å². The highest BCUT2D eigenvalue weighted by atomic mass is 79.9. The second-order valence-electron chi connectivity index (χ2n) is 8.83. The molecule has 2 saturated carbocycles. The van der Waals surface area contributed by atoms with Gasteiger partial charge in [-0.15, -0.1) is 11.3 Å². The molecule has 2 heterocycles. The van der Waals surface area contributed by atoms with Crippen LogP contribution in [0.15, 0.2) is 40.2 Å². The number of halogens is 1. The van der Waals surface area contributed by atoms with Gasteiger partial charge in [-0.1, -0.05) is 43.2 Å². The summed E-state index contributed by atoms with van der Waals surface area (Å²) in [6, 6.07) is 9.73. The Labute approximate surface area is 184 Å². The van der Waals surface area contributed by atoms with Crippen molar-refractivity contribution < 1.29 is 9.90 Å². The molecule has 5 rings (SSSR count). The van der Waals surface area contributed by atoms with Crippen molar-refractivity contribution in [2.75, 3.05) is 18.0 Å². The van der Waals surface area contributed by atoms with E-state index in [1.807, 2.05) is 30.3 Å². The molecule has 2 aliphatic carbocycles. The Balaban J connectivity index is 1.29. The van der Waals surface area contributed by atoms with Gasteiger partial charge in [-0.25, -0.2) is 0 Å². The molecule has 2 aromatic rings. The van der Waals surface area contributed by atoms with Crippen molar-refractivity contribution in [3.05, 3.63) is 50.6 Å². The van der Waals surface area contributed by atoms with Gasteiger partial charge in [0.1, 0.15) is 0 Å². The van der Waals surface area contributed by atoms with Gasteiger partial charge in [0.15, 0.2) is 5.60 Å². The lowest BCUT2D eigenvalue weighted by molar-refractivity contribution is -0.147. The average molecular weight is 475 g/mol. The zero-order chi connectivity index (χ0) is 20.2. The van der Waals surface area contributed by atoms with Crippen molar-refractivity contribution >= 4 is 38.9 Å². The van der Waals surface area contributed by atoms with Gasteiger partial charge in [0.05, 0.1) is 10.2 Å².